The van der Waals surface area contributed by atoms with Gasteiger partial charge in [0.1, 0.15) is 6.04 Å². The molecule has 3 N–H and O–H groups in total. The summed E-state index contributed by atoms with van der Waals surface area (Å²) in [5, 5.41) is 7.16. The number of urea groups is 1. The third-order valence-corrected chi connectivity index (χ3v) is 2.39. The molecule has 1 rings (SSSR count). The number of carbonyl (C=O) groups is 2. The predicted molar refractivity (Wildman–Crippen MR) is 68.6 cm³/mol. The van der Waals surface area contributed by atoms with E-state index in [4.69, 9.17) is 4.74 Å². The molecule has 19 heavy (non-hydrogen) atoms. The molecule has 0 aliphatic carbocycles. The average Bonchev–Trinajstić information content (AvgIpc) is 2.38. The van der Waals surface area contributed by atoms with E-state index in [2.05, 4.69) is 16.0 Å². The van der Waals surface area contributed by atoms with Crippen molar-refractivity contribution in [2.24, 2.45) is 0 Å². The van der Waals surface area contributed by atoms with Gasteiger partial charge in [-0.3, -0.25) is 10.1 Å². The van der Waals surface area contributed by atoms with Crippen LogP contribution in [0.15, 0.2) is 18.2 Å². The van der Waals surface area contributed by atoms with E-state index in [0.717, 1.165) is 0 Å². The molecule has 0 fully saturated rings. The number of benzene rings is 1. The second-order valence-corrected chi connectivity index (χ2v) is 3.78. The standard InChI is InChI=1S/C12H16FN3O3/c1-7(11(17)16-12(18)14-2)15-8-4-5-10(19-3)9(13)6-8/h4-7,15H,1-3H3,(H2,14,16,17,18). The van der Waals surface area contributed by atoms with E-state index in [9.17, 15) is 14.0 Å². The highest BCUT2D eigenvalue weighted by molar-refractivity contribution is 5.97. The summed E-state index contributed by atoms with van der Waals surface area (Å²) in [6, 6.07) is 2.94. The minimum Gasteiger partial charge on any atom is -0.494 e. The van der Waals surface area contributed by atoms with Gasteiger partial charge >= 0.3 is 6.03 Å². The molecular formula is C12H16FN3O3. The van der Waals surface area contributed by atoms with Crippen LogP contribution in [-0.2, 0) is 4.79 Å². The maximum Gasteiger partial charge on any atom is 0.321 e. The van der Waals surface area contributed by atoms with Gasteiger partial charge in [0.15, 0.2) is 11.6 Å². The Morgan fingerprint density at radius 1 is 1.37 bits per heavy atom. The topological polar surface area (TPSA) is 79.5 Å². The molecule has 3 amide bonds. The van der Waals surface area contributed by atoms with Gasteiger partial charge in [-0.05, 0) is 19.1 Å². The number of carbonyl (C=O) groups excluding carboxylic acids is 2. The summed E-state index contributed by atoms with van der Waals surface area (Å²) in [6.07, 6.45) is 0. The summed E-state index contributed by atoms with van der Waals surface area (Å²) in [7, 11) is 2.77. The second-order valence-electron chi connectivity index (χ2n) is 3.78. The lowest BCUT2D eigenvalue weighted by atomic mass is 10.2. The Bertz CT molecular complexity index is 479. The molecule has 0 spiro atoms. The zero-order valence-electron chi connectivity index (χ0n) is 10.9. The molecule has 6 nitrogen and oxygen atoms in total. The SMILES string of the molecule is CNC(=O)NC(=O)C(C)Nc1ccc(OC)c(F)c1. The molecule has 0 saturated heterocycles. The molecule has 1 aromatic rings. The number of amides is 3. The molecular weight excluding hydrogens is 253 g/mol. The number of methoxy groups -OCH3 is 1. The molecule has 1 atom stereocenters. The van der Waals surface area contributed by atoms with Crippen LogP contribution in [0, 0.1) is 5.82 Å². The van der Waals surface area contributed by atoms with Gasteiger partial charge < -0.3 is 15.4 Å². The third kappa shape index (κ3) is 4.13. The van der Waals surface area contributed by atoms with Crippen molar-refractivity contribution in [3.05, 3.63) is 24.0 Å². The van der Waals surface area contributed by atoms with Crippen LogP contribution in [0.1, 0.15) is 6.92 Å². The van der Waals surface area contributed by atoms with Crippen molar-refractivity contribution in [1.29, 1.82) is 0 Å². The van der Waals surface area contributed by atoms with Crippen LogP contribution < -0.4 is 20.7 Å². The highest BCUT2D eigenvalue weighted by Gasteiger charge is 2.15. The van der Waals surface area contributed by atoms with Gasteiger partial charge in [-0.15, -0.1) is 0 Å². The van der Waals surface area contributed by atoms with Crippen LogP contribution in [0.4, 0.5) is 14.9 Å². The number of hydrogen-bond donors (Lipinski definition) is 3. The lowest BCUT2D eigenvalue weighted by molar-refractivity contribution is -0.120. The molecule has 0 saturated carbocycles. The Morgan fingerprint density at radius 2 is 2.05 bits per heavy atom. The minimum absolute atomic E-state index is 0.119. The third-order valence-electron chi connectivity index (χ3n) is 2.39. The van der Waals surface area contributed by atoms with Crippen molar-refractivity contribution in [2.75, 3.05) is 19.5 Å². The van der Waals surface area contributed by atoms with Gasteiger partial charge in [-0.2, -0.15) is 0 Å². The second kappa shape index (κ2) is 6.58. The summed E-state index contributed by atoms with van der Waals surface area (Å²) in [4.78, 5) is 22.5. The summed E-state index contributed by atoms with van der Waals surface area (Å²) in [5.41, 5.74) is 0.415. The Hall–Kier alpha value is -2.31. The van der Waals surface area contributed by atoms with Gasteiger partial charge in [0.05, 0.1) is 7.11 Å². The number of nitrogens with one attached hydrogen (secondary N) is 3. The predicted octanol–water partition coefficient (Wildman–Crippen LogP) is 1.09. The quantitative estimate of drug-likeness (QED) is 0.764. The van der Waals surface area contributed by atoms with Crippen molar-refractivity contribution >= 4 is 17.6 Å². The first-order valence-corrected chi connectivity index (χ1v) is 5.60. The lowest BCUT2D eigenvalue weighted by Crippen LogP contribution is -2.44. The van der Waals surface area contributed by atoms with Crippen molar-refractivity contribution in [3.8, 4) is 5.75 Å². The Balaban J connectivity index is 2.66. The smallest absolute Gasteiger partial charge is 0.321 e. The first-order valence-electron chi connectivity index (χ1n) is 5.60. The van der Waals surface area contributed by atoms with E-state index < -0.39 is 23.8 Å². The van der Waals surface area contributed by atoms with Crippen LogP contribution in [0.2, 0.25) is 0 Å². The van der Waals surface area contributed by atoms with E-state index in [0.29, 0.717) is 5.69 Å². The van der Waals surface area contributed by atoms with Gasteiger partial charge in [-0.1, -0.05) is 0 Å². The number of halogens is 1. The van der Waals surface area contributed by atoms with Gasteiger partial charge in [0, 0.05) is 18.8 Å². The zero-order valence-corrected chi connectivity index (χ0v) is 10.9. The van der Waals surface area contributed by atoms with Crippen molar-refractivity contribution < 1.29 is 18.7 Å². The normalized spacial score (nSPS) is 11.4. The number of anilines is 1. The Labute approximate surface area is 110 Å². The van der Waals surface area contributed by atoms with Crippen molar-refractivity contribution in [1.82, 2.24) is 10.6 Å². The maximum atomic E-state index is 13.4. The van der Waals surface area contributed by atoms with E-state index in [1.54, 1.807) is 13.0 Å². The molecule has 104 valence electrons. The molecule has 0 aliphatic rings. The molecule has 0 bridgehead atoms. The molecule has 1 unspecified atom stereocenters. The fraction of sp³-hybridized carbons (Fsp3) is 0.333. The Morgan fingerprint density at radius 3 is 2.58 bits per heavy atom. The monoisotopic (exact) mass is 269 g/mol. The molecule has 0 aromatic heterocycles. The first-order chi connectivity index (χ1) is 8.97. The largest absolute Gasteiger partial charge is 0.494 e. The van der Waals surface area contributed by atoms with Crippen LogP contribution in [0.3, 0.4) is 0 Å². The van der Waals surface area contributed by atoms with E-state index >= 15 is 0 Å². The number of imide groups is 1. The highest BCUT2D eigenvalue weighted by Crippen LogP contribution is 2.20. The maximum absolute atomic E-state index is 13.4. The van der Waals surface area contributed by atoms with Crippen molar-refractivity contribution in [2.45, 2.75) is 13.0 Å². The number of hydrogen-bond acceptors (Lipinski definition) is 4. The molecule has 0 aliphatic heterocycles. The van der Waals surface area contributed by atoms with Gasteiger partial charge in [0.25, 0.3) is 0 Å². The number of ether oxygens (including phenoxy) is 1. The van der Waals surface area contributed by atoms with Crippen molar-refractivity contribution in [3.63, 3.8) is 0 Å². The molecule has 0 heterocycles. The molecule has 7 heteroatoms. The summed E-state index contributed by atoms with van der Waals surface area (Å²) in [5.74, 6) is -0.935. The Kier molecular flexibility index (Phi) is 5.11. The summed E-state index contributed by atoms with van der Waals surface area (Å²) < 4.78 is 18.2. The van der Waals surface area contributed by atoms with Crippen LogP contribution in [0.25, 0.3) is 0 Å². The van der Waals surface area contributed by atoms with Gasteiger partial charge in [0.2, 0.25) is 5.91 Å². The van der Waals surface area contributed by atoms with E-state index in [1.165, 1.54) is 26.3 Å². The first kappa shape index (κ1) is 14.7. The fourth-order valence-electron chi connectivity index (χ4n) is 1.35. The van der Waals surface area contributed by atoms with E-state index in [-0.39, 0.29) is 5.75 Å². The highest BCUT2D eigenvalue weighted by atomic mass is 19.1. The zero-order chi connectivity index (χ0) is 14.4. The summed E-state index contributed by atoms with van der Waals surface area (Å²) in [6.45, 7) is 1.56. The summed E-state index contributed by atoms with van der Waals surface area (Å²) >= 11 is 0. The average molecular weight is 269 g/mol. The fourth-order valence-corrected chi connectivity index (χ4v) is 1.35. The van der Waals surface area contributed by atoms with Crippen LogP contribution in [-0.4, -0.2) is 32.1 Å². The van der Waals surface area contributed by atoms with E-state index in [1.807, 2.05) is 0 Å². The van der Waals surface area contributed by atoms with Crippen LogP contribution in [0.5, 0.6) is 5.75 Å². The van der Waals surface area contributed by atoms with Crippen LogP contribution >= 0.6 is 0 Å². The lowest BCUT2D eigenvalue weighted by Gasteiger charge is -2.15. The molecule has 0 radical (unpaired) electrons. The number of rotatable bonds is 4. The van der Waals surface area contributed by atoms with Gasteiger partial charge in [-0.25, -0.2) is 9.18 Å². The minimum atomic E-state index is -0.690. The molecule has 1 aromatic carbocycles.